The van der Waals surface area contributed by atoms with Crippen molar-refractivity contribution in [2.45, 2.75) is 30.6 Å². The highest BCUT2D eigenvalue weighted by molar-refractivity contribution is 14.1. The van der Waals surface area contributed by atoms with Crippen molar-refractivity contribution in [3.8, 4) is 0 Å². The molecule has 3 aromatic carbocycles. The molecule has 156 valence electrons. The van der Waals surface area contributed by atoms with Crippen LogP contribution in [0.2, 0.25) is 25.2 Å². The Kier molecular flexibility index (Phi) is 7.63. The maximum Gasteiger partial charge on any atom is 0.123 e. The second-order valence-corrected chi connectivity index (χ2v) is 15.7. The molecule has 0 fully saturated rings. The van der Waals surface area contributed by atoms with Crippen LogP contribution in [0.25, 0.3) is 0 Å². The van der Waals surface area contributed by atoms with Crippen LogP contribution in [0.4, 0.5) is 13.2 Å². The largest absolute Gasteiger partial charge is 0.207 e. The van der Waals surface area contributed by atoms with Crippen molar-refractivity contribution in [1.82, 2.24) is 0 Å². The summed E-state index contributed by atoms with van der Waals surface area (Å²) in [6.07, 6.45) is 0. The first-order chi connectivity index (χ1) is 14.3. The van der Waals surface area contributed by atoms with Crippen molar-refractivity contribution in [3.05, 3.63) is 101 Å². The van der Waals surface area contributed by atoms with Gasteiger partial charge in [-0.05, 0) is 63.7 Å². The fraction of sp³-hybridized carbons (Fsp3) is 0.250. The van der Waals surface area contributed by atoms with Gasteiger partial charge < -0.3 is 0 Å². The molecule has 30 heavy (non-hydrogen) atoms. The van der Waals surface area contributed by atoms with Gasteiger partial charge in [0.15, 0.2) is 0 Å². The van der Waals surface area contributed by atoms with Crippen molar-refractivity contribution < 1.29 is 13.2 Å². The lowest BCUT2D eigenvalue weighted by Gasteiger charge is -2.42. The summed E-state index contributed by atoms with van der Waals surface area (Å²) in [6.45, 7) is 4.50. The van der Waals surface area contributed by atoms with E-state index >= 15 is 0 Å². The Bertz CT molecular complexity index is 914. The Hall–Kier alpha value is -1.39. The Labute approximate surface area is 193 Å². The Morgan fingerprint density at radius 3 is 1.53 bits per heavy atom. The fourth-order valence-electron chi connectivity index (χ4n) is 4.22. The van der Waals surface area contributed by atoms with Crippen LogP contribution in [-0.4, -0.2) is 21.6 Å². The van der Waals surface area contributed by atoms with Crippen LogP contribution in [0.1, 0.15) is 11.1 Å². The Balaban J connectivity index is 2.19. The molecule has 0 spiro atoms. The molecule has 0 N–H and O–H groups in total. The summed E-state index contributed by atoms with van der Waals surface area (Å²) in [6, 6.07) is 22.2. The van der Waals surface area contributed by atoms with Crippen LogP contribution < -0.4 is 5.19 Å². The first kappa shape index (κ1) is 23.3. The lowest BCUT2D eigenvalue weighted by atomic mass is 9.77. The van der Waals surface area contributed by atoms with E-state index in [2.05, 4.69) is 35.7 Å². The van der Waals surface area contributed by atoms with E-state index in [1.165, 1.54) is 41.6 Å². The van der Waals surface area contributed by atoms with E-state index < -0.39 is 8.07 Å². The van der Waals surface area contributed by atoms with Gasteiger partial charge in [0.25, 0.3) is 0 Å². The minimum atomic E-state index is -2.05. The van der Waals surface area contributed by atoms with E-state index in [-0.39, 0.29) is 22.9 Å². The van der Waals surface area contributed by atoms with Crippen LogP contribution in [0.15, 0.2) is 72.8 Å². The SMILES string of the molecule is C[Si]CC(C[Si](C)(CI)c1ccc(F)cc1)(c1ccc(F)cc1)c1ccc(F)cc1. The summed E-state index contributed by atoms with van der Waals surface area (Å²) in [5.41, 5.74) is 1.75. The van der Waals surface area contributed by atoms with Gasteiger partial charge >= 0.3 is 0 Å². The number of hydrogen-bond acceptors (Lipinski definition) is 0. The average Bonchev–Trinajstić information content (AvgIpc) is 2.75. The van der Waals surface area contributed by atoms with Gasteiger partial charge in [0.2, 0.25) is 0 Å². The molecule has 0 saturated carbocycles. The predicted octanol–water partition coefficient (Wildman–Crippen LogP) is 6.52. The van der Waals surface area contributed by atoms with E-state index in [1.807, 2.05) is 36.4 Å². The van der Waals surface area contributed by atoms with Crippen LogP contribution in [0.5, 0.6) is 0 Å². The van der Waals surface area contributed by atoms with Crippen molar-refractivity contribution in [2.24, 2.45) is 0 Å². The smallest absolute Gasteiger partial charge is 0.123 e. The summed E-state index contributed by atoms with van der Waals surface area (Å²) < 4.78 is 42.0. The molecule has 3 aromatic rings. The van der Waals surface area contributed by atoms with Crippen molar-refractivity contribution in [3.63, 3.8) is 0 Å². The molecular weight excluding hydrogens is 528 g/mol. The fourth-order valence-corrected chi connectivity index (χ4v) is 11.0. The average molecular weight is 553 g/mol. The summed E-state index contributed by atoms with van der Waals surface area (Å²) in [7, 11) is -1.38. The zero-order valence-corrected chi connectivity index (χ0v) is 21.2. The first-order valence-corrected chi connectivity index (χ1v) is 16.0. The monoisotopic (exact) mass is 552 g/mol. The molecule has 0 bridgehead atoms. The number of hydrogen-bond donors (Lipinski definition) is 0. The molecule has 0 saturated heterocycles. The molecule has 0 aliphatic rings. The van der Waals surface area contributed by atoms with Gasteiger partial charge in [0.05, 0.1) is 8.07 Å². The molecule has 1 atom stereocenters. The van der Waals surface area contributed by atoms with Gasteiger partial charge in [-0.2, -0.15) is 0 Å². The van der Waals surface area contributed by atoms with E-state index in [9.17, 15) is 13.2 Å². The summed E-state index contributed by atoms with van der Waals surface area (Å²) in [4.78, 5) is 0. The number of rotatable bonds is 8. The van der Waals surface area contributed by atoms with Crippen molar-refractivity contribution >= 4 is 45.4 Å². The molecule has 0 amide bonds. The van der Waals surface area contributed by atoms with E-state index in [1.54, 1.807) is 0 Å². The van der Waals surface area contributed by atoms with Gasteiger partial charge in [0.1, 0.15) is 17.5 Å². The third-order valence-corrected chi connectivity index (χ3v) is 15.5. The van der Waals surface area contributed by atoms with Gasteiger partial charge in [-0.15, -0.1) is 0 Å². The lowest BCUT2D eigenvalue weighted by Crippen LogP contribution is -2.52. The molecule has 0 nitrogen and oxygen atoms in total. The van der Waals surface area contributed by atoms with E-state index in [0.717, 1.165) is 27.3 Å². The quantitative estimate of drug-likeness (QED) is 0.170. The van der Waals surface area contributed by atoms with Gasteiger partial charge in [-0.25, -0.2) is 13.2 Å². The van der Waals surface area contributed by atoms with Crippen LogP contribution in [0.3, 0.4) is 0 Å². The zero-order chi connectivity index (χ0) is 21.8. The minimum Gasteiger partial charge on any atom is -0.207 e. The molecule has 2 radical (unpaired) electrons. The minimum absolute atomic E-state index is 0.234. The van der Waals surface area contributed by atoms with Crippen molar-refractivity contribution in [1.29, 1.82) is 0 Å². The highest BCUT2D eigenvalue weighted by Gasteiger charge is 2.42. The second-order valence-electron chi connectivity index (χ2n) is 8.00. The molecule has 0 aliphatic heterocycles. The highest BCUT2D eigenvalue weighted by Crippen LogP contribution is 2.43. The Morgan fingerprint density at radius 2 is 1.17 bits per heavy atom. The molecule has 0 heterocycles. The maximum atomic E-state index is 13.7. The predicted molar refractivity (Wildman–Crippen MR) is 131 cm³/mol. The molecule has 3 rings (SSSR count). The third kappa shape index (κ3) is 4.91. The normalized spacial score (nSPS) is 13.8. The molecular formula is C24H24F3ISi2. The van der Waals surface area contributed by atoms with Crippen LogP contribution >= 0.6 is 22.6 Å². The summed E-state index contributed by atoms with van der Waals surface area (Å²) in [5.74, 6) is -0.766. The number of halogens is 4. The molecule has 0 aliphatic carbocycles. The first-order valence-electron chi connectivity index (χ1n) is 9.82. The number of alkyl halides is 1. The van der Waals surface area contributed by atoms with Crippen LogP contribution in [-0.2, 0) is 5.41 Å². The maximum absolute atomic E-state index is 13.7. The molecule has 0 aromatic heterocycles. The van der Waals surface area contributed by atoms with Gasteiger partial charge in [-0.3, -0.25) is 0 Å². The molecule has 6 heteroatoms. The number of benzene rings is 3. The second kappa shape index (κ2) is 9.83. The zero-order valence-electron chi connectivity index (χ0n) is 17.1. The third-order valence-electron chi connectivity index (χ3n) is 5.80. The summed E-state index contributed by atoms with van der Waals surface area (Å²) >= 11 is 2.45. The Morgan fingerprint density at radius 1 is 0.767 bits per heavy atom. The van der Waals surface area contributed by atoms with Gasteiger partial charge in [-0.1, -0.05) is 77.3 Å². The molecule has 1 unspecified atom stereocenters. The van der Waals surface area contributed by atoms with Crippen LogP contribution in [0, 0.1) is 17.5 Å². The van der Waals surface area contributed by atoms with Crippen molar-refractivity contribution in [2.75, 3.05) is 4.05 Å². The lowest BCUT2D eigenvalue weighted by molar-refractivity contribution is 0.601. The van der Waals surface area contributed by atoms with Gasteiger partial charge in [0, 0.05) is 14.9 Å². The summed E-state index contributed by atoms with van der Waals surface area (Å²) in [5, 5.41) is 1.20. The van der Waals surface area contributed by atoms with E-state index in [0.29, 0.717) is 9.52 Å². The van der Waals surface area contributed by atoms with E-state index in [4.69, 9.17) is 0 Å². The topological polar surface area (TPSA) is 0 Å². The standard InChI is InChI=1S/C24H24F3ISi2/c1-29-15-24(18-3-7-20(25)8-4-18,19-5-9-21(26)10-6-19)16-30(2,17-28)23-13-11-22(27)12-14-23/h3-14H,15-17H2,1-2H3. The highest BCUT2D eigenvalue weighted by atomic mass is 127.